The Morgan fingerprint density at radius 2 is 1.38 bits per heavy atom. The van der Waals surface area contributed by atoms with Crippen molar-refractivity contribution in [3.63, 3.8) is 0 Å². The zero-order valence-electron chi connectivity index (χ0n) is 18.7. The number of hydrogen-bond acceptors (Lipinski definition) is 1. The van der Waals surface area contributed by atoms with Gasteiger partial charge in [0.25, 0.3) is 7.80 Å². The third-order valence-electron chi connectivity index (χ3n) is 4.74. The van der Waals surface area contributed by atoms with Crippen LogP contribution in [0.15, 0.2) is 72.8 Å². The van der Waals surface area contributed by atoms with Gasteiger partial charge in [-0.15, -0.1) is 0 Å². The van der Waals surface area contributed by atoms with Gasteiger partial charge in [0, 0.05) is 0 Å². The van der Waals surface area contributed by atoms with Crippen molar-refractivity contribution in [3.05, 3.63) is 115 Å². The fourth-order valence-corrected chi connectivity index (χ4v) is 7.37. The SMILES string of the molecule is C[C@@H](c1[c-][c-][cH-]c1[P+](=O)C(C)(C)C)P(c1ccccc1)c1ccccc1.[Fe+2].[c-]1[c-][c-][cH-][c-]1. The van der Waals surface area contributed by atoms with E-state index in [-0.39, 0.29) is 27.9 Å². The van der Waals surface area contributed by atoms with E-state index in [9.17, 15) is 4.57 Å². The van der Waals surface area contributed by atoms with Gasteiger partial charge in [-0.05, 0) is 31.4 Å². The summed E-state index contributed by atoms with van der Waals surface area (Å²) in [6.07, 6.45) is 0. The first-order valence-electron chi connectivity index (χ1n) is 10.2. The average molecular weight is 495 g/mol. The molecule has 2 atom stereocenters. The van der Waals surface area contributed by atoms with Crippen molar-refractivity contribution >= 4 is 31.6 Å². The van der Waals surface area contributed by atoms with E-state index in [1.807, 2.05) is 26.8 Å². The third kappa shape index (κ3) is 6.84. The minimum Gasteiger partial charge on any atom is -0.999 e. The first kappa shape index (κ1) is 26.4. The van der Waals surface area contributed by atoms with Gasteiger partial charge in [-0.25, -0.2) is 0 Å². The number of rotatable bonds is 5. The van der Waals surface area contributed by atoms with E-state index in [4.69, 9.17) is 0 Å². The van der Waals surface area contributed by atoms with Crippen LogP contribution in [0.25, 0.3) is 0 Å². The van der Waals surface area contributed by atoms with Crippen molar-refractivity contribution < 1.29 is 21.6 Å². The maximum absolute atomic E-state index is 13.1. The van der Waals surface area contributed by atoms with Crippen LogP contribution in [0.4, 0.5) is 0 Å². The normalized spacial score (nSPS) is 12.3. The van der Waals surface area contributed by atoms with Crippen LogP contribution < -0.4 is 15.9 Å². The molecule has 4 heteroatoms. The van der Waals surface area contributed by atoms with Crippen LogP contribution in [-0.4, -0.2) is 5.16 Å². The molecular formula is C28H25FeOP2-5. The summed E-state index contributed by atoms with van der Waals surface area (Å²) in [5.41, 5.74) is 1.28. The summed E-state index contributed by atoms with van der Waals surface area (Å²) in [5.74, 6) is 0. The van der Waals surface area contributed by atoms with E-state index >= 15 is 0 Å². The average Bonchev–Trinajstić information content (AvgIpc) is 3.49. The van der Waals surface area contributed by atoms with E-state index in [0.29, 0.717) is 0 Å². The molecule has 0 saturated carbocycles. The smallest absolute Gasteiger partial charge is 0.999 e. The van der Waals surface area contributed by atoms with Crippen LogP contribution in [0.1, 0.15) is 38.9 Å². The van der Waals surface area contributed by atoms with Crippen molar-refractivity contribution in [3.8, 4) is 0 Å². The molecule has 4 aromatic rings. The summed E-state index contributed by atoms with van der Waals surface area (Å²) in [7, 11) is -2.12. The minimum absolute atomic E-state index is 0. The molecule has 0 spiro atoms. The van der Waals surface area contributed by atoms with E-state index in [1.54, 1.807) is 6.07 Å². The van der Waals surface area contributed by atoms with E-state index in [1.165, 1.54) is 10.6 Å². The monoisotopic (exact) mass is 495 g/mol. The molecule has 0 aliphatic carbocycles. The standard InChI is InChI=1S/C23H24OP2.C5H.Fe/c1-18(21-16-11-17-22(21)26(24)23(2,3)4)25(19-12-7-5-8-13-19)20-14-9-6-10-15-20;1-2-4-5-3-1;/h5-10,12-15,17-18H,1-4H3;1H;/q-2;-5;+2/t18-;;/m0../s1. The summed E-state index contributed by atoms with van der Waals surface area (Å²) in [4.78, 5) is 0. The third-order valence-corrected chi connectivity index (χ3v) is 9.51. The molecule has 4 aromatic carbocycles. The molecule has 0 bridgehead atoms. The summed E-state index contributed by atoms with van der Waals surface area (Å²) < 4.78 is 13.1. The van der Waals surface area contributed by atoms with E-state index in [2.05, 4.69) is 104 Å². The van der Waals surface area contributed by atoms with Gasteiger partial charge >= 0.3 is 17.1 Å². The van der Waals surface area contributed by atoms with E-state index < -0.39 is 15.7 Å². The second kappa shape index (κ2) is 12.4. The Kier molecular flexibility index (Phi) is 10.3. The van der Waals surface area contributed by atoms with Crippen molar-refractivity contribution in [2.45, 2.75) is 38.5 Å². The Morgan fingerprint density at radius 3 is 1.78 bits per heavy atom. The van der Waals surface area contributed by atoms with Gasteiger partial charge in [-0.3, -0.25) is 5.56 Å². The van der Waals surface area contributed by atoms with Gasteiger partial charge in [0.05, 0.1) is 0 Å². The fraction of sp³-hybridized carbons (Fsp3) is 0.214. The molecule has 32 heavy (non-hydrogen) atoms. The molecule has 0 saturated heterocycles. The van der Waals surface area contributed by atoms with Gasteiger partial charge < -0.3 is 48.5 Å². The van der Waals surface area contributed by atoms with Gasteiger partial charge in [-0.1, -0.05) is 91.0 Å². The summed E-state index contributed by atoms with van der Waals surface area (Å²) in [6, 6.07) is 41.5. The second-order valence-electron chi connectivity index (χ2n) is 8.08. The van der Waals surface area contributed by atoms with Gasteiger partial charge in [0.2, 0.25) is 0 Å². The van der Waals surface area contributed by atoms with Crippen molar-refractivity contribution in [2.75, 3.05) is 0 Å². The summed E-state index contributed by atoms with van der Waals surface area (Å²) in [6.45, 7) is 8.33. The van der Waals surface area contributed by atoms with Crippen molar-refractivity contribution in [1.29, 1.82) is 0 Å². The molecule has 0 heterocycles. The van der Waals surface area contributed by atoms with Crippen molar-refractivity contribution in [1.82, 2.24) is 0 Å². The molecule has 4 rings (SSSR count). The second-order valence-corrected chi connectivity index (χ2v) is 13.0. The maximum Gasteiger partial charge on any atom is 2.00 e. The Morgan fingerprint density at radius 1 is 0.875 bits per heavy atom. The van der Waals surface area contributed by atoms with Gasteiger partial charge in [-0.2, -0.15) is 0 Å². The van der Waals surface area contributed by atoms with Crippen LogP contribution in [-0.2, 0) is 21.6 Å². The van der Waals surface area contributed by atoms with Crippen LogP contribution in [0, 0.1) is 36.4 Å². The Bertz CT molecular complexity index is 991. The molecule has 1 nitrogen and oxygen atoms in total. The van der Waals surface area contributed by atoms with Crippen LogP contribution in [0.3, 0.4) is 0 Å². The largest absolute Gasteiger partial charge is 2.00 e. The molecule has 166 valence electrons. The Hall–Kier alpha value is -1.81. The molecule has 0 radical (unpaired) electrons. The predicted octanol–water partition coefficient (Wildman–Crippen LogP) is 6.05. The topological polar surface area (TPSA) is 17.1 Å². The zero-order chi connectivity index (χ0) is 22.3. The molecule has 0 aromatic heterocycles. The predicted molar refractivity (Wildman–Crippen MR) is 132 cm³/mol. The maximum atomic E-state index is 13.1. The van der Waals surface area contributed by atoms with E-state index in [0.717, 1.165) is 10.9 Å². The molecule has 0 N–H and O–H groups in total. The Labute approximate surface area is 206 Å². The van der Waals surface area contributed by atoms with Gasteiger partial charge in [0.1, 0.15) is 5.16 Å². The summed E-state index contributed by atoms with van der Waals surface area (Å²) >= 11 is 0. The van der Waals surface area contributed by atoms with Crippen LogP contribution in [0.2, 0.25) is 0 Å². The first-order chi connectivity index (χ1) is 14.9. The summed E-state index contributed by atoms with van der Waals surface area (Å²) in [5, 5.41) is 3.31. The van der Waals surface area contributed by atoms with Crippen LogP contribution >= 0.6 is 15.7 Å². The molecule has 1 unspecified atom stereocenters. The quantitative estimate of drug-likeness (QED) is 0.187. The van der Waals surface area contributed by atoms with Gasteiger partial charge in [0.15, 0.2) is 0 Å². The molecule has 0 aliphatic heterocycles. The zero-order valence-corrected chi connectivity index (χ0v) is 21.6. The number of benzene rings is 2. The molecule has 0 fully saturated rings. The molecule has 0 aliphatic rings. The fourth-order valence-electron chi connectivity index (χ4n) is 3.25. The molecule has 0 amide bonds. The number of hydrogen-bond donors (Lipinski definition) is 0. The minimum atomic E-state index is -1.50. The first-order valence-corrected chi connectivity index (χ1v) is 12.8. The van der Waals surface area contributed by atoms with Crippen molar-refractivity contribution in [2.24, 2.45) is 0 Å². The van der Waals surface area contributed by atoms with Crippen LogP contribution in [0.5, 0.6) is 0 Å². The Balaban J connectivity index is 0.000000534. The molecular weight excluding hydrogens is 470 g/mol.